The van der Waals surface area contributed by atoms with E-state index in [9.17, 15) is 0 Å². The summed E-state index contributed by atoms with van der Waals surface area (Å²) in [7, 11) is 0. The maximum absolute atomic E-state index is 5.98. The van der Waals surface area contributed by atoms with E-state index in [1.807, 2.05) is 0 Å². The van der Waals surface area contributed by atoms with Crippen LogP contribution in [-0.2, 0) is 20.8 Å². The van der Waals surface area contributed by atoms with Crippen molar-refractivity contribution in [2.75, 3.05) is 57.5 Å². The van der Waals surface area contributed by atoms with Gasteiger partial charge in [-0.2, -0.15) is 0 Å². The zero-order valence-corrected chi connectivity index (χ0v) is 14.4. The number of anilines is 1. The SMILES string of the molecule is c1ccc(N2CCOCC2)c(CN2CCOC(C3CCCO3)C2)c1. The number of para-hydroxylation sites is 1. The fraction of sp³-hybridized carbons (Fsp3) is 0.684. The summed E-state index contributed by atoms with van der Waals surface area (Å²) in [6, 6.07) is 8.81. The zero-order valence-electron chi connectivity index (χ0n) is 14.4. The molecule has 0 radical (unpaired) electrons. The normalized spacial score (nSPS) is 29.1. The van der Waals surface area contributed by atoms with E-state index in [-0.39, 0.29) is 6.10 Å². The number of hydrogen-bond donors (Lipinski definition) is 0. The quantitative estimate of drug-likeness (QED) is 0.841. The molecule has 3 saturated heterocycles. The molecule has 1 aromatic carbocycles. The largest absolute Gasteiger partial charge is 0.378 e. The molecule has 0 aromatic heterocycles. The van der Waals surface area contributed by atoms with Gasteiger partial charge in [0, 0.05) is 45.0 Å². The van der Waals surface area contributed by atoms with Crippen molar-refractivity contribution in [2.24, 2.45) is 0 Å². The van der Waals surface area contributed by atoms with E-state index in [0.717, 1.165) is 65.6 Å². The first-order valence-electron chi connectivity index (χ1n) is 9.26. The first-order valence-corrected chi connectivity index (χ1v) is 9.26. The van der Waals surface area contributed by atoms with E-state index in [1.165, 1.54) is 17.7 Å². The molecule has 3 fully saturated rings. The van der Waals surface area contributed by atoms with Gasteiger partial charge in [-0.05, 0) is 24.5 Å². The molecule has 5 nitrogen and oxygen atoms in total. The van der Waals surface area contributed by atoms with Crippen molar-refractivity contribution in [2.45, 2.75) is 31.6 Å². The van der Waals surface area contributed by atoms with E-state index in [1.54, 1.807) is 0 Å². The molecule has 0 spiro atoms. The Balaban J connectivity index is 1.42. The summed E-state index contributed by atoms with van der Waals surface area (Å²) in [5, 5.41) is 0. The molecule has 0 aliphatic carbocycles. The second-order valence-corrected chi connectivity index (χ2v) is 6.92. The van der Waals surface area contributed by atoms with Gasteiger partial charge in [0.15, 0.2) is 0 Å². The van der Waals surface area contributed by atoms with Gasteiger partial charge in [0.1, 0.15) is 0 Å². The summed E-state index contributed by atoms with van der Waals surface area (Å²) >= 11 is 0. The molecule has 132 valence electrons. The summed E-state index contributed by atoms with van der Waals surface area (Å²) in [5.41, 5.74) is 2.77. The number of rotatable bonds is 4. The fourth-order valence-corrected chi connectivity index (χ4v) is 3.99. The van der Waals surface area contributed by atoms with Crippen molar-refractivity contribution in [1.29, 1.82) is 0 Å². The van der Waals surface area contributed by atoms with E-state index < -0.39 is 0 Å². The third-order valence-corrected chi connectivity index (χ3v) is 5.29. The number of benzene rings is 1. The molecule has 24 heavy (non-hydrogen) atoms. The van der Waals surface area contributed by atoms with Crippen LogP contribution in [0, 0.1) is 0 Å². The molecular formula is C19H28N2O3. The maximum atomic E-state index is 5.98. The lowest BCUT2D eigenvalue weighted by Gasteiger charge is -2.36. The van der Waals surface area contributed by atoms with Crippen LogP contribution in [-0.4, -0.2) is 69.7 Å². The average molecular weight is 332 g/mol. The van der Waals surface area contributed by atoms with E-state index in [4.69, 9.17) is 14.2 Å². The van der Waals surface area contributed by atoms with Gasteiger partial charge in [-0.1, -0.05) is 18.2 Å². The molecule has 5 heteroatoms. The number of nitrogens with zero attached hydrogens (tertiary/aromatic N) is 2. The van der Waals surface area contributed by atoms with Crippen LogP contribution in [0.25, 0.3) is 0 Å². The van der Waals surface area contributed by atoms with Gasteiger partial charge in [0.05, 0.1) is 32.0 Å². The van der Waals surface area contributed by atoms with Gasteiger partial charge in [-0.25, -0.2) is 0 Å². The predicted octanol–water partition coefficient (Wildman–Crippen LogP) is 1.90. The fourth-order valence-electron chi connectivity index (χ4n) is 3.99. The Morgan fingerprint density at radius 3 is 2.58 bits per heavy atom. The van der Waals surface area contributed by atoms with Crippen LogP contribution in [0.5, 0.6) is 0 Å². The molecule has 2 unspecified atom stereocenters. The lowest BCUT2D eigenvalue weighted by molar-refractivity contribution is -0.0959. The van der Waals surface area contributed by atoms with Crippen molar-refractivity contribution in [1.82, 2.24) is 4.90 Å². The minimum Gasteiger partial charge on any atom is -0.378 e. The number of morpholine rings is 2. The lowest BCUT2D eigenvalue weighted by atomic mass is 10.1. The molecule has 0 amide bonds. The van der Waals surface area contributed by atoms with Crippen molar-refractivity contribution < 1.29 is 14.2 Å². The second-order valence-electron chi connectivity index (χ2n) is 6.92. The maximum Gasteiger partial charge on any atom is 0.0963 e. The van der Waals surface area contributed by atoms with E-state index >= 15 is 0 Å². The lowest BCUT2D eigenvalue weighted by Crippen LogP contribution is -2.47. The van der Waals surface area contributed by atoms with Crippen molar-refractivity contribution in [3.63, 3.8) is 0 Å². The van der Waals surface area contributed by atoms with Crippen LogP contribution in [0.2, 0.25) is 0 Å². The van der Waals surface area contributed by atoms with Crippen LogP contribution in [0.4, 0.5) is 5.69 Å². The Kier molecular flexibility index (Phi) is 5.33. The monoisotopic (exact) mass is 332 g/mol. The molecule has 0 N–H and O–H groups in total. The highest BCUT2D eigenvalue weighted by Gasteiger charge is 2.31. The first-order chi connectivity index (χ1) is 11.9. The summed E-state index contributed by atoms with van der Waals surface area (Å²) in [5.74, 6) is 0. The molecule has 4 rings (SSSR count). The zero-order chi connectivity index (χ0) is 16.2. The van der Waals surface area contributed by atoms with Crippen LogP contribution in [0.15, 0.2) is 24.3 Å². The van der Waals surface area contributed by atoms with Crippen molar-refractivity contribution in [3.05, 3.63) is 29.8 Å². The van der Waals surface area contributed by atoms with Crippen molar-refractivity contribution in [3.8, 4) is 0 Å². The Hall–Kier alpha value is -1.14. The second kappa shape index (κ2) is 7.83. The molecule has 1 aromatic rings. The van der Waals surface area contributed by atoms with Crippen LogP contribution >= 0.6 is 0 Å². The van der Waals surface area contributed by atoms with Gasteiger partial charge in [0.2, 0.25) is 0 Å². The molecule has 2 atom stereocenters. The van der Waals surface area contributed by atoms with E-state index in [2.05, 4.69) is 34.1 Å². The van der Waals surface area contributed by atoms with Crippen molar-refractivity contribution >= 4 is 5.69 Å². The minimum atomic E-state index is 0.233. The van der Waals surface area contributed by atoms with Crippen LogP contribution < -0.4 is 4.90 Å². The molecule has 3 aliphatic rings. The van der Waals surface area contributed by atoms with E-state index in [0.29, 0.717) is 6.10 Å². The van der Waals surface area contributed by atoms with Gasteiger partial charge in [-0.15, -0.1) is 0 Å². The van der Waals surface area contributed by atoms with Crippen LogP contribution in [0.1, 0.15) is 18.4 Å². The summed E-state index contributed by atoms with van der Waals surface area (Å²) in [6.07, 6.45) is 2.84. The Morgan fingerprint density at radius 2 is 1.75 bits per heavy atom. The standard InChI is InChI=1S/C19H28N2O3/c1-2-5-17(21-8-11-22-12-9-21)16(4-1)14-20-7-13-24-19(15-20)18-6-3-10-23-18/h1-2,4-5,18-19H,3,6-15H2. The average Bonchev–Trinajstić information content (AvgIpc) is 3.18. The highest BCUT2D eigenvalue weighted by molar-refractivity contribution is 5.53. The molecule has 0 bridgehead atoms. The summed E-state index contributed by atoms with van der Waals surface area (Å²) in [6.45, 7) is 8.29. The van der Waals surface area contributed by atoms with Gasteiger partial charge >= 0.3 is 0 Å². The number of ether oxygens (including phenoxy) is 3. The smallest absolute Gasteiger partial charge is 0.0963 e. The minimum absolute atomic E-state index is 0.233. The Bertz CT molecular complexity index is 527. The summed E-state index contributed by atoms with van der Waals surface area (Å²) < 4.78 is 17.3. The third kappa shape index (κ3) is 3.75. The topological polar surface area (TPSA) is 34.2 Å². The Morgan fingerprint density at radius 1 is 0.917 bits per heavy atom. The molecular weight excluding hydrogens is 304 g/mol. The summed E-state index contributed by atoms with van der Waals surface area (Å²) in [4.78, 5) is 4.98. The van der Waals surface area contributed by atoms with Gasteiger partial charge in [0.25, 0.3) is 0 Å². The third-order valence-electron chi connectivity index (χ3n) is 5.29. The highest BCUT2D eigenvalue weighted by atomic mass is 16.5. The molecule has 3 heterocycles. The number of hydrogen-bond acceptors (Lipinski definition) is 5. The predicted molar refractivity (Wildman–Crippen MR) is 93.5 cm³/mol. The Labute approximate surface area is 144 Å². The molecule has 0 saturated carbocycles. The first kappa shape index (κ1) is 16.3. The molecule has 3 aliphatic heterocycles. The van der Waals surface area contributed by atoms with Gasteiger partial charge < -0.3 is 19.1 Å². The van der Waals surface area contributed by atoms with Gasteiger partial charge in [-0.3, -0.25) is 4.90 Å². The van der Waals surface area contributed by atoms with Crippen LogP contribution in [0.3, 0.4) is 0 Å². The highest BCUT2D eigenvalue weighted by Crippen LogP contribution is 2.25.